The number of hydrogen-bond donors (Lipinski definition) is 4. The van der Waals surface area contributed by atoms with E-state index in [2.05, 4.69) is 51.7 Å². The summed E-state index contributed by atoms with van der Waals surface area (Å²) < 4.78 is 1.74. The van der Waals surface area contributed by atoms with E-state index in [0.717, 1.165) is 16.9 Å². The summed E-state index contributed by atoms with van der Waals surface area (Å²) in [6, 6.07) is 18.0. The molecule has 3 aromatic heterocycles. The maximum atomic E-state index is 12.9. The monoisotopic (exact) mass is 508 g/mol. The predicted octanol–water partition coefficient (Wildman–Crippen LogP) is 5.50. The molecule has 10 nitrogen and oxygen atoms in total. The number of aromatic nitrogens is 5. The van der Waals surface area contributed by atoms with Gasteiger partial charge in [-0.2, -0.15) is 5.10 Å². The van der Waals surface area contributed by atoms with Crippen molar-refractivity contribution in [2.75, 3.05) is 16.0 Å². The molecule has 2 amide bonds. The zero-order chi connectivity index (χ0) is 26.9. The minimum atomic E-state index is -0.396. The molecule has 0 radical (unpaired) electrons. The maximum absolute atomic E-state index is 12.9. The summed E-state index contributed by atoms with van der Waals surface area (Å²) in [4.78, 5) is 36.5. The summed E-state index contributed by atoms with van der Waals surface area (Å²) in [6.07, 6.45) is 2.93. The molecule has 0 saturated heterocycles. The van der Waals surface area contributed by atoms with Gasteiger partial charge in [0.05, 0.1) is 11.4 Å². The van der Waals surface area contributed by atoms with Gasteiger partial charge in [0.1, 0.15) is 29.0 Å². The van der Waals surface area contributed by atoms with Crippen molar-refractivity contribution < 1.29 is 4.79 Å². The van der Waals surface area contributed by atoms with Gasteiger partial charge in [0.2, 0.25) is 0 Å². The van der Waals surface area contributed by atoms with Crippen LogP contribution in [-0.2, 0) is 5.41 Å². The molecule has 192 valence electrons. The van der Waals surface area contributed by atoms with Crippen LogP contribution in [0.4, 0.5) is 27.8 Å². The molecule has 5 rings (SSSR count). The number of aromatic amines is 1. The van der Waals surface area contributed by atoms with Crippen molar-refractivity contribution in [2.45, 2.75) is 33.1 Å². The minimum Gasteiger partial charge on any atom is -0.346 e. The number of carbonyl (C=O) groups is 1. The molecule has 3 heterocycles. The fourth-order valence-corrected chi connectivity index (χ4v) is 3.87. The maximum Gasteiger partial charge on any atom is 0.324 e. The first-order valence-corrected chi connectivity index (χ1v) is 12.1. The predicted molar refractivity (Wildman–Crippen MR) is 150 cm³/mol. The van der Waals surface area contributed by atoms with E-state index in [4.69, 9.17) is 5.10 Å². The first-order chi connectivity index (χ1) is 18.2. The van der Waals surface area contributed by atoms with E-state index in [1.807, 2.05) is 37.3 Å². The summed E-state index contributed by atoms with van der Waals surface area (Å²) in [5.41, 5.74) is 4.23. The Kier molecular flexibility index (Phi) is 6.38. The fourth-order valence-electron chi connectivity index (χ4n) is 3.87. The Morgan fingerprint density at radius 2 is 1.63 bits per heavy atom. The Bertz CT molecular complexity index is 1660. The number of H-pyrrole nitrogens is 1. The average molecular weight is 509 g/mol. The number of anilines is 4. The van der Waals surface area contributed by atoms with E-state index in [9.17, 15) is 9.59 Å². The van der Waals surface area contributed by atoms with Crippen molar-refractivity contribution in [3.05, 3.63) is 94.7 Å². The van der Waals surface area contributed by atoms with Gasteiger partial charge in [-0.1, -0.05) is 38.5 Å². The van der Waals surface area contributed by atoms with E-state index in [1.165, 1.54) is 12.4 Å². The zero-order valence-electron chi connectivity index (χ0n) is 21.5. The van der Waals surface area contributed by atoms with Gasteiger partial charge in [0.25, 0.3) is 0 Å². The lowest BCUT2D eigenvalue weighted by Gasteiger charge is -2.14. The summed E-state index contributed by atoms with van der Waals surface area (Å²) >= 11 is 0. The van der Waals surface area contributed by atoms with Crippen LogP contribution in [0.3, 0.4) is 0 Å². The quantitative estimate of drug-likeness (QED) is 0.248. The van der Waals surface area contributed by atoms with Crippen molar-refractivity contribution in [3.63, 3.8) is 0 Å². The number of urea groups is 1. The molecule has 0 aliphatic carbocycles. The number of rotatable bonds is 5. The van der Waals surface area contributed by atoms with Crippen LogP contribution in [-0.4, -0.2) is 30.8 Å². The van der Waals surface area contributed by atoms with Crippen LogP contribution < -0.4 is 21.4 Å². The third-order valence-corrected chi connectivity index (χ3v) is 5.95. The Balaban J connectivity index is 1.32. The second-order valence-electron chi connectivity index (χ2n) is 9.98. The molecule has 0 atom stereocenters. The van der Waals surface area contributed by atoms with Crippen molar-refractivity contribution in [1.82, 2.24) is 24.7 Å². The van der Waals surface area contributed by atoms with E-state index < -0.39 is 6.03 Å². The van der Waals surface area contributed by atoms with Gasteiger partial charge >= 0.3 is 6.03 Å². The topological polar surface area (TPSA) is 130 Å². The van der Waals surface area contributed by atoms with Crippen LogP contribution in [0.2, 0.25) is 0 Å². The van der Waals surface area contributed by atoms with Crippen LogP contribution in [0, 0.1) is 6.92 Å². The highest BCUT2D eigenvalue weighted by Gasteiger charge is 2.21. The zero-order valence-corrected chi connectivity index (χ0v) is 21.5. The highest BCUT2D eigenvalue weighted by molar-refractivity contribution is 5.99. The highest BCUT2D eigenvalue weighted by Crippen LogP contribution is 2.27. The Hall–Kier alpha value is -4.99. The largest absolute Gasteiger partial charge is 0.346 e. The smallest absolute Gasteiger partial charge is 0.324 e. The molecule has 38 heavy (non-hydrogen) atoms. The molecule has 5 aromatic rings. The second-order valence-corrected chi connectivity index (χ2v) is 9.98. The molecule has 0 saturated carbocycles. The van der Waals surface area contributed by atoms with Crippen LogP contribution in [0.25, 0.3) is 16.7 Å². The molecule has 0 bridgehead atoms. The Labute approximate surface area is 219 Å². The molecular weight excluding hydrogens is 480 g/mol. The van der Waals surface area contributed by atoms with Crippen molar-refractivity contribution >= 4 is 40.1 Å². The molecule has 0 aliphatic rings. The van der Waals surface area contributed by atoms with Gasteiger partial charge < -0.3 is 15.6 Å². The molecular formula is C28H28N8O2. The Morgan fingerprint density at radius 3 is 2.34 bits per heavy atom. The molecule has 0 aliphatic heterocycles. The first kappa shape index (κ1) is 24.7. The number of hydrogen-bond acceptors (Lipinski definition) is 6. The fraction of sp³-hybridized carbons (Fsp3) is 0.179. The highest BCUT2D eigenvalue weighted by atomic mass is 16.2. The molecule has 0 spiro atoms. The van der Waals surface area contributed by atoms with Crippen LogP contribution >= 0.6 is 0 Å². The first-order valence-electron chi connectivity index (χ1n) is 12.1. The number of nitrogens with zero attached hydrogens (tertiary/aromatic N) is 4. The lowest BCUT2D eigenvalue weighted by molar-refractivity contribution is 0.262. The number of nitrogens with one attached hydrogen (secondary N) is 4. The van der Waals surface area contributed by atoms with E-state index >= 15 is 0 Å². The average Bonchev–Trinajstić information content (AvgIpc) is 3.30. The molecule has 0 unspecified atom stereocenters. The number of fused-ring (bicyclic) bond motifs is 1. The third kappa shape index (κ3) is 5.24. The summed E-state index contributed by atoms with van der Waals surface area (Å²) in [6.45, 7) is 8.26. The van der Waals surface area contributed by atoms with E-state index in [-0.39, 0.29) is 10.8 Å². The van der Waals surface area contributed by atoms with Crippen LogP contribution in [0.5, 0.6) is 0 Å². The lowest BCUT2D eigenvalue weighted by atomic mass is 9.92. The lowest BCUT2D eigenvalue weighted by Crippen LogP contribution is -2.21. The summed E-state index contributed by atoms with van der Waals surface area (Å²) in [5, 5.41) is 14.0. The van der Waals surface area contributed by atoms with Gasteiger partial charge in [-0.15, -0.1) is 0 Å². The van der Waals surface area contributed by atoms with Gasteiger partial charge in [-0.25, -0.2) is 19.4 Å². The number of pyridine rings is 1. The van der Waals surface area contributed by atoms with Gasteiger partial charge in [-0.05, 0) is 43.3 Å². The number of amides is 2. The van der Waals surface area contributed by atoms with Crippen LogP contribution in [0.1, 0.15) is 32.0 Å². The second kappa shape index (κ2) is 9.81. The van der Waals surface area contributed by atoms with Crippen molar-refractivity contribution in [1.29, 1.82) is 0 Å². The summed E-state index contributed by atoms with van der Waals surface area (Å²) in [7, 11) is 0. The molecule has 10 heteroatoms. The SMILES string of the molecule is Cc1ccc(-n2nc(C(C)(C)C)cc2NC(=O)Nc2ccc(Nc3ncnc4[nH]ccc(=O)c34)cc2)cc1. The normalized spacial score (nSPS) is 11.4. The number of carbonyl (C=O) groups excluding carboxylic acids is 1. The van der Waals surface area contributed by atoms with Gasteiger partial charge in [-0.3, -0.25) is 10.1 Å². The minimum absolute atomic E-state index is 0.184. The van der Waals surface area contributed by atoms with Crippen molar-refractivity contribution in [3.8, 4) is 5.69 Å². The van der Waals surface area contributed by atoms with Crippen LogP contribution in [0.15, 0.2) is 78.0 Å². The van der Waals surface area contributed by atoms with E-state index in [0.29, 0.717) is 34.0 Å². The van der Waals surface area contributed by atoms with Gasteiger partial charge in [0, 0.05) is 35.1 Å². The summed E-state index contributed by atoms with van der Waals surface area (Å²) in [5.74, 6) is 0.963. The standard InChI is InChI=1S/C28H28N8O2/c1-17-5-11-20(12-6-17)36-23(15-22(35-36)28(2,3)4)34-27(38)33-19-9-7-18(8-10-19)32-26-24-21(37)13-14-29-25(24)30-16-31-26/h5-16H,1-4H3,(H2,33,34,38)(H2,29,30,31,32,37). The molecule has 2 aromatic carbocycles. The molecule has 4 N–H and O–H groups in total. The van der Waals surface area contributed by atoms with Crippen molar-refractivity contribution in [2.24, 2.45) is 0 Å². The number of aryl methyl sites for hydroxylation is 1. The number of benzene rings is 2. The van der Waals surface area contributed by atoms with Gasteiger partial charge in [0.15, 0.2) is 5.43 Å². The third-order valence-electron chi connectivity index (χ3n) is 5.95. The Morgan fingerprint density at radius 1 is 0.921 bits per heavy atom. The van der Waals surface area contributed by atoms with E-state index in [1.54, 1.807) is 35.1 Å². The molecule has 0 fully saturated rings.